The monoisotopic (exact) mass is 326 g/mol. The minimum atomic E-state index is -0.393. The van der Waals surface area contributed by atoms with E-state index in [-0.39, 0.29) is 11.9 Å². The molecule has 0 aliphatic carbocycles. The lowest BCUT2D eigenvalue weighted by Gasteiger charge is -2.10. The minimum Gasteiger partial charge on any atom is -0.489 e. The summed E-state index contributed by atoms with van der Waals surface area (Å²) in [5.41, 5.74) is 0.946. The van der Waals surface area contributed by atoms with E-state index >= 15 is 0 Å². The molecular weight excluding hydrogens is 308 g/mol. The van der Waals surface area contributed by atoms with E-state index in [2.05, 4.69) is 0 Å². The predicted molar refractivity (Wildman–Crippen MR) is 90.0 cm³/mol. The molecule has 0 spiro atoms. The Morgan fingerprint density at radius 1 is 1.25 bits per heavy atom. The maximum absolute atomic E-state index is 11.7. The van der Waals surface area contributed by atoms with Gasteiger partial charge in [0.2, 0.25) is 0 Å². The first-order chi connectivity index (χ1) is 11.6. The van der Waals surface area contributed by atoms with E-state index in [1.54, 1.807) is 12.1 Å². The van der Waals surface area contributed by atoms with Gasteiger partial charge in [0.1, 0.15) is 23.7 Å². The number of rotatable bonds is 5. The lowest BCUT2D eigenvalue weighted by molar-refractivity contribution is -0.120. The zero-order chi connectivity index (χ0) is 17.1. The standard InChI is InChI=1S/C19H18O5/c1-3-16-15(20)11-17(23-16)12(2)8-9-22-14-6-4-13-5-7-19(21)24-18(13)10-14/h4-8,10-11,16H,3,9H2,1-2H3/b12-8+. The largest absolute Gasteiger partial charge is 0.489 e. The molecule has 0 amide bonds. The summed E-state index contributed by atoms with van der Waals surface area (Å²) < 4.78 is 16.4. The lowest BCUT2D eigenvalue weighted by Crippen LogP contribution is -2.14. The maximum Gasteiger partial charge on any atom is 0.336 e. The lowest BCUT2D eigenvalue weighted by atomic mass is 10.2. The van der Waals surface area contributed by atoms with E-state index in [9.17, 15) is 9.59 Å². The second kappa shape index (κ2) is 6.74. The van der Waals surface area contributed by atoms with Crippen molar-refractivity contribution in [2.45, 2.75) is 26.4 Å². The van der Waals surface area contributed by atoms with Crippen molar-refractivity contribution >= 4 is 16.8 Å². The number of hydrogen-bond donors (Lipinski definition) is 0. The highest BCUT2D eigenvalue weighted by Gasteiger charge is 2.25. The van der Waals surface area contributed by atoms with Crippen LogP contribution in [0.2, 0.25) is 0 Å². The van der Waals surface area contributed by atoms with Gasteiger partial charge < -0.3 is 13.9 Å². The van der Waals surface area contributed by atoms with Crippen LogP contribution in [-0.2, 0) is 9.53 Å². The Hall–Kier alpha value is -2.82. The summed E-state index contributed by atoms with van der Waals surface area (Å²) in [6, 6.07) is 8.42. The summed E-state index contributed by atoms with van der Waals surface area (Å²) in [7, 11) is 0. The van der Waals surface area contributed by atoms with E-state index in [1.807, 2.05) is 32.1 Å². The zero-order valence-electron chi connectivity index (χ0n) is 13.6. The Labute approximate surface area is 139 Å². The predicted octanol–water partition coefficient (Wildman–Crippen LogP) is 3.38. The molecule has 0 N–H and O–H groups in total. The summed E-state index contributed by atoms with van der Waals surface area (Å²) in [6.07, 6.45) is 3.67. The van der Waals surface area contributed by atoms with Crippen molar-refractivity contribution in [3.8, 4) is 5.75 Å². The normalized spacial score (nSPS) is 17.8. The highest BCUT2D eigenvalue weighted by Crippen LogP contribution is 2.23. The highest BCUT2D eigenvalue weighted by atomic mass is 16.5. The molecule has 124 valence electrons. The van der Waals surface area contributed by atoms with Gasteiger partial charge in [-0.2, -0.15) is 0 Å². The molecule has 3 rings (SSSR count). The van der Waals surface area contributed by atoms with Crippen molar-refractivity contribution in [2.75, 3.05) is 6.61 Å². The summed E-state index contributed by atoms with van der Waals surface area (Å²) in [4.78, 5) is 22.9. The number of carbonyl (C=O) groups is 1. The van der Waals surface area contributed by atoms with Crippen LogP contribution in [0.15, 0.2) is 63.0 Å². The Balaban J connectivity index is 1.66. The average molecular weight is 326 g/mol. The van der Waals surface area contributed by atoms with E-state index in [0.29, 0.717) is 30.1 Å². The van der Waals surface area contributed by atoms with Gasteiger partial charge >= 0.3 is 5.63 Å². The molecule has 0 bridgehead atoms. The second-order valence-electron chi connectivity index (χ2n) is 5.58. The molecule has 1 atom stereocenters. The molecule has 0 fully saturated rings. The van der Waals surface area contributed by atoms with Crippen molar-refractivity contribution < 1.29 is 18.7 Å². The Morgan fingerprint density at radius 3 is 2.79 bits per heavy atom. The average Bonchev–Trinajstić information content (AvgIpc) is 2.95. The number of benzene rings is 1. The van der Waals surface area contributed by atoms with E-state index in [0.717, 1.165) is 11.0 Å². The molecule has 1 unspecified atom stereocenters. The van der Waals surface area contributed by atoms with Gasteiger partial charge in [0, 0.05) is 23.6 Å². The van der Waals surface area contributed by atoms with Gasteiger partial charge in [-0.25, -0.2) is 4.79 Å². The van der Waals surface area contributed by atoms with Gasteiger partial charge in [-0.15, -0.1) is 0 Å². The van der Waals surface area contributed by atoms with Crippen LogP contribution < -0.4 is 10.4 Å². The zero-order valence-corrected chi connectivity index (χ0v) is 13.6. The number of fused-ring (bicyclic) bond motifs is 1. The number of ether oxygens (including phenoxy) is 2. The van der Waals surface area contributed by atoms with Gasteiger partial charge in [-0.1, -0.05) is 6.92 Å². The summed E-state index contributed by atoms with van der Waals surface area (Å²) in [6.45, 7) is 4.11. The number of allylic oxidation sites excluding steroid dienone is 1. The van der Waals surface area contributed by atoms with Gasteiger partial charge in [-0.3, -0.25) is 4.79 Å². The van der Waals surface area contributed by atoms with Gasteiger partial charge in [0.25, 0.3) is 0 Å². The molecule has 1 aromatic heterocycles. The van der Waals surface area contributed by atoms with E-state index in [4.69, 9.17) is 13.9 Å². The summed E-state index contributed by atoms with van der Waals surface area (Å²) in [5, 5.41) is 0.835. The second-order valence-corrected chi connectivity index (χ2v) is 5.58. The molecule has 2 heterocycles. The van der Waals surface area contributed by atoms with Crippen LogP contribution in [0, 0.1) is 0 Å². The number of ketones is 1. The summed E-state index contributed by atoms with van der Waals surface area (Å²) in [5.74, 6) is 1.20. The van der Waals surface area contributed by atoms with Crippen LogP contribution in [0.1, 0.15) is 20.3 Å². The van der Waals surface area contributed by atoms with Crippen LogP contribution >= 0.6 is 0 Å². The molecule has 24 heavy (non-hydrogen) atoms. The van der Waals surface area contributed by atoms with Crippen molar-refractivity contribution in [2.24, 2.45) is 0 Å². The van der Waals surface area contributed by atoms with Gasteiger partial charge in [0.15, 0.2) is 11.9 Å². The van der Waals surface area contributed by atoms with Crippen LogP contribution in [0.25, 0.3) is 11.0 Å². The molecule has 1 aromatic carbocycles. The maximum atomic E-state index is 11.7. The highest BCUT2D eigenvalue weighted by molar-refractivity contribution is 5.96. The van der Waals surface area contributed by atoms with Crippen LogP contribution in [0.4, 0.5) is 0 Å². The quantitative estimate of drug-likeness (QED) is 0.788. The Kier molecular flexibility index (Phi) is 4.51. The van der Waals surface area contributed by atoms with Crippen LogP contribution in [0.5, 0.6) is 5.75 Å². The molecule has 2 aromatic rings. The molecule has 1 aliphatic rings. The van der Waals surface area contributed by atoms with Crippen LogP contribution in [0.3, 0.4) is 0 Å². The fourth-order valence-corrected chi connectivity index (χ4v) is 2.45. The Bertz CT molecular complexity index is 888. The van der Waals surface area contributed by atoms with Crippen molar-refractivity contribution in [1.82, 2.24) is 0 Å². The summed E-state index contributed by atoms with van der Waals surface area (Å²) >= 11 is 0. The smallest absolute Gasteiger partial charge is 0.336 e. The van der Waals surface area contributed by atoms with E-state index in [1.165, 1.54) is 12.1 Å². The van der Waals surface area contributed by atoms with Crippen LogP contribution in [-0.4, -0.2) is 18.5 Å². The third-order valence-electron chi connectivity index (χ3n) is 3.85. The molecule has 1 aliphatic heterocycles. The third kappa shape index (κ3) is 3.40. The Morgan fingerprint density at radius 2 is 2.04 bits per heavy atom. The molecule has 5 nitrogen and oxygen atoms in total. The first-order valence-corrected chi connectivity index (χ1v) is 7.83. The first-order valence-electron chi connectivity index (χ1n) is 7.83. The fraction of sp³-hybridized carbons (Fsp3) is 0.263. The number of hydrogen-bond acceptors (Lipinski definition) is 5. The van der Waals surface area contributed by atoms with Crippen molar-refractivity contribution in [3.05, 3.63) is 64.2 Å². The van der Waals surface area contributed by atoms with Crippen molar-refractivity contribution in [1.29, 1.82) is 0 Å². The molecule has 0 radical (unpaired) electrons. The van der Waals surface area contributed by atoms with Gasteiger partial charge in [-0.05, 0) is 43.2 Å². The topological polar surface area (TPSA) is 65.7 Å². The van der Waals surface area contributed by atoms with Crippen molar-refractivity contribution in [3.63, 3.8) is 0 Å². The van der Waals surface area contributed by atoms with E-state index < -0.39 is 5.63 Å². The third-order valence-corrected chi connectivity index (χ3v) is 3.85. The minimum absolute atomic E-state index is 0.00530. The number of carbonyl (C=O) groups excluding carboxylic acids is 1. The molecular formula is C19H18O5. The molecule has 5 heteroatoms. The van der Waals surface area contributed by atoms with Gasteiger partial charge in [0.05, 0.1) is 0 Å². The first kappa shape index (κ1) is 16.1. The fourth-order valence-electron chi connectivity index (χ4n) is 2.45. The molecule has 0 saturated carbocycles. The molecule has 0 saturated heterocycles. The SMILES string of the molecule is CCC1OC(/C(C)=C/COc2ccc3ccc(=O)oc3c2)=CC1=O.